The van der Waals surface area contributed by atoms with Crippen molar-refractivity contribution >= 4 is 68.1 Å². The van der Waals surface area contributed by atoms with Crippen molar-refractivity contribution in [1.82, 2.24) is 18.2 Å². The topological polar surface area (TPSA) is 43.6 Å². The summed E-state index contributed by atoms with van der Waals surface area (Å²) < 4.78 is 2.36. The van der Waals surface area contributed by atoms with Crippen molar-refractivity contribution < 1.29 is 0 Å². The summed E-state index contributed by atoms with van der Waals surface area (Å²) in [6.45, 7) is 1.90. The predicted octanol–water partition coefficient (Wildman–Crippen LogP) is 2.59. The molecule has 0 saturated carbocycles. The van der Waals surface area contributed by atoms with Gasteiger partial charge in [0.25, 0.3) is 0 Å². The lowest BCUT2D eigenvalue weighted by Gasteiger charge is -1.95. The predicted molar refractivity (Wildman–Crippen MR) is 67.2 cm³/mol. The van der Waals surface area contributed by atoms with Gasteiger partial charge in [-0.25, -0.2) is 0 Å². The molecule has 2 aromatic rings. The van der Waals surface area contributed by atoms with Gasteiger partial charge in [0.15, 0.2) is 5.65 Å². The minimum absolute atomic E-state index is 0.631. The van der Waals surface area contributed by atoms with Crippen LogP contribution in [0.4, 0.5) is 0 Å². The van der Waals surface area contributed by atoms with Crippen LogP contribution in [0.15, 0.2) is 0 Å². The normalized spacial score (nSPS) is 11.1. The molecule has 7 heteroatoms. The Kier molecular flexibility index (Phi) is 2.62. The first kappa shape index (κ1) is 9.84. The van der Waals surface area contributed by atoms with Crippen LogP contribution in [-0.4, -0.2) is 18.2 Å². The van der Waals surface area contributed by atoms with Crippen LogP contribution in [0.1, 0.15) is 5.69 Å². The van der Waals surface area contributed by atoms with Gasteiger partial charge < -0.3 is 0 Å². The summed E-state index contributed by atoms with van der Waals surface area (Å²) in [4.78, 5) is 0. The molecule has 0 unspecified atom stereocenters. The Morgan fingerprint density at radius 2 is 2.08 bits per heavy atom. The number of fused-ring (bicyclic) bond motifs is 1. The van der Waals surface area contributed by atoms with Gasteiger partial charge in [-0.1, -0.05) is 11.6 Å². The van der Waals surface area contributed by atoms with E-state index in [2.05, 4.69) is 37.9 Å². The van der Waals surface area contributed by atoms with Crippen LogP contribution in [0.5, 0.6) is 0 Å². The molecular formula is C6H3ClI2N4. The van der Waals surface area contributed by atoms with Crippen molar-refractivity contribution in [2.24, 2.45) is 0 Å². The molecule has 0 fully saturated rings. The van der Waals surface area contributed by atoms with Crippen LogP contribution in [0, 0.1) is 10.6 Å². The minimum atomic E-state index is 0.631. The fourth-order valence-electron chi connectivity index (χ4n) is 1.07. The van der Waals surface area contributed by atoms with E-state index >= 15 is 0 Å². The zero-order valence-corrected chi connectivity index (χ0v) is 11.5. The third kappa shape index (κ3) is 1.52. The maximum absolute atomic E-state index is 6.08. The van der Waals surface area contributed by atoms with E-state index in [1.54, 1.807) is 2.90 Å². The molecule has 0 amide bonds. The van der Waals surface area contributed by atoms with Crippen LogP contribution in [0.25, 0.3) is 11.0 Å². The van der Waals surface area contributed by atoms with Gasteiger partial charge in [-0.2, -0.15) is 7.99 Å². The van der Waals surface area contributed by atoms with Crippen molar-refractivity contribution in [2.45, 2.75) is 6.92 Å². The van der Waals surface area contributed by atoms with E-state index in [4.69, 9.17) is 11.6 Å². The van der Waals surface area contributed by atoms with Crippen LogP contribution >= 0.6 is 57.1 Å². The lowest BCUT2D eigenvalue weighted by molar-refractivity contribution is 0.980. The molecule has 0 spiro atoms. The SMILES string of the molecule is Cc1nn(I)c2nnc(I)c(Cl)c12. The summed E-state index contributed by atoms with van der Waals surface area (Å²) in [5.74, 6) is 0. The number of nitrogens with zero attached hydrogens (tertiary/aromatic N) is 4. The molecule has 0 aliphatic carbocycles. The Morgan fingerprint density at radius 1 is 1.38 bits per heavy atom. The molecule has 4 nitrogen and oxygen atoms in total. The molecule has 13 heavy (non-hydrogen) atoms. The Labute approximate surface area is 107 Å². The monoisotopic (exact) mass is 420 g/mol. The largest absolute Gasteiger partial charge is 0.192 e. The van der Waals surface area contributed by atoms with Crippen molar-refractivity contribution in [3.63, 3.8) is 0 Å². The highest BCUT2D eigenvalue weighted by Gasteiger charge is 2.13. The number of hydrogen-bond donors (Lipinski definition) is 0. The molecule has 0 saturated heterocycles. The van der Waals surface area contributed by atoms with Gasteiger partial charge in [0.1, 0.15) is 3.70 Å². The highest BCUT2D eigenvalue weighted by Crippen LogP contribution is 2.28. The van der Waals surface area contributed by atoms with Gasteiger partial charge in [0.2, 0.25) is 0 Å². The number of halogens is 3. The van der Waals surface area contributed by atoms with E-state index < -0.39 is 0 Å². The third-order valence-electron chi connectivity index (χ3n) is 1.63. The minimum Gasteiger partial charge on any atom is -0.183 e. The summed E-state index contributed by atoms with van der Waals surface area (Å²) in [5.41, 5.74) is 1.59. The second kappa shape index (κ2) is 3.46. The second-order valence-corrected chi connectivity index (χ2v) is 4.76. The fraction of sp³-hybridized carbons (Fsp3) is 0.167. The lowest BCUT2D eigenvalue weighted by Crippen LogP contribution is -1.91. The summed E-state index contributed by atoms with van der Waals surface area (Å²) in [5, 5.41) is 13.7. The van der Waals surface area contributed by atoms with Crippen molar-refractivity contribution in [3.05, 3.63) is 14.4 Å². The van der Waals surface area contributed by atoms with Crippen molar-refractivity contribution in [3.8, 4) is 0 Å². The van der Waals surface area contributed by atoms with Crippen LogP contribution in [0.3, 0.4) is 0 Å². The van der Waals surface area contributed by atoms with Crippen molar-refractivity contribution in [1.29, 1.82) is 0 Å². The number of hydrogen-bond acceptors (Lipinski definition) is 3. The molecule has 68 valence electrons. The Hall–Kier alpha value is 0.300. The van der Waals surface area contributed by atoms with Gasteiger partial charge in [-0.05, 0) is 29.5 Å². The molecule has 0 N–H and O–H groups in total. The zero-order valence-electron chi connectivity index (χ0n) is 6.42. The molecule has 0 aliphatic rings. The zero-order chi connectivity index (χ0) is 9.59. The van der Waals surface area contributed by atoms with E-state index in [0.717, 1.165) is 11.1 Å². The van der Waals surface area contributed by atoms with Crippen LogP contribution in [-0.2, 0) is 0 Å². The summed E-state index contributed by atoms with van der Waals surface area (Å²) in [6.07, 6.45) is 0. The number of aryl methyl sites for hydroxylation is 1. The first-order valence-corrected chi connectivity index (χ1v) is 5.76. The number of rotatable bonds is 0. The van der Waals surface area contributed by atoms with E-state index in [1.165, 1.54) is 0 Å². The second-order valence-electron chi connectivity index (χ2n) is 2.45. The summed E-state index contributed by atoms with van der Waals surface area (Å²) in [6, 6.07) is 0. The van der Waals surface area contributed by atoms with Gasteiger partial charge in [0, 0.05) is 0 Å². The quantitative estimate of drug-likeness (QED) is 0.616. The van der Waals surface area contributed by atoms with Crippen molar-refractivity contribution in [2.75, 3.05) is 0 Å². The smallest absolute Gasteiger partial charge is 0.183 e. The molecular weight excluding hydrogens is 417 g/mol. The van der Waals surface area contributed by atoms with E-state index in [0.29, 0.717) is 14.4 Å². The highest BCUT2D eigenvalue weighted by atomic mass is 127. The maximum atomic E-state index is 6.08. The molecule has 0 atom stereocenters. The molecule has 0 aromatic carbocycles. The molecule has 0 bridgehead atoms. The highest BCUT2D eigenvalue weighted by molar-refractivity contribution is 14.1. The van der Waals surface area contributed by atoms with Crippen LogP contribution in [0.2, 0.25) is 5.02 Å². The molecule has 2 aromatic heterocycles. The summed E-state index contributed by atoms with van der Waals surface area (Å²) >= 11 is 10.2. The first-order valence-electron chi connectivity index (χ1n) is 3.34. The van der Waals surface area contributed by atoms with E-state index in [-0.39, 0.29) is 0 Å². The van der Waals surface area contributed by atoms with Gasteiger partial charge >= 0.3 is 0 Å². The fourth-order valence-corrected chi connectivity index (χ4v) is 2.36. The van der Waals surface area contributed by atoms with Crippen LogP contribution < -0.4 is 0 Å². The maximum Gasteiger partial charge on any atom is 0.192 e. The Bertz CT molecular complexity index is 481. The van der Waals surface area contributed by atoms with Gasteiger partial charge in [-0.15, -0.1) is 10.2 Å². The lowest BCUT2D eigenvalue weighted by atomic mass is 10.3. The van der Waals surface area contributed by atoms with E-state index in [9.17, 15) is 0 Å². The molecule has 2 heterocycles. The summed E-state index contributed by atoms with van der Waals surface area (Å²) in [7, 11) is 0. The number of aromatic nitrogens is 4. The molecule has 2 rings (SSSR count). The Morgan fingerprint density at radius 3 is 2.77 bits per heavy atom. The van der Waals surface area contributed by atoms with Gasteiger partial charge in [0.05, 0.1) is 39.0 Å². The average molecular weight is 420 g/mol. The van der Waals surface area contributed by atoms with E-state index in [1.807, 2.05) is 29.8 Å². The third-order valence-corrected chi connectivity index (χ3v) is 3.75. The average Bonchev–Trinajstić information content (AvgIpc) is 2.35. The molecule has 0 aliphatic heterocycles. The standard InChI is InChI=1S/C6H3ClI2N4/c1-2-3-4(7)5(8)10-11-6(3)13(9)12-2/h1H3. The molecule has 0 radical (unpaired) electrons. The first-order chi connectivity index (χ1) is 6.11. The Balaban J connectivity index is 2.98. The van der Waals surface area contributed by atoms with Gasteiger partial charge in [-0.3, -0.25) is 0 Å².